The molecule has 1 aromatic carbocycles. The predicted octanol–water partition coefficient (Wildman–Crippen LogP) is 1.78. The molecule has 2 N–H and O–H groups in total. The van der Waals surface area contributed by atoms with Gasteiger partial charge in [0.1, 0.15) is 11.4 Å². The molecule has 148 valence electrons. The van der Waals surface area contributed by atoms with Crippen LogP contribution in [0.5, 0.6) is 5.75 Å². The van der Waals surface area contributed by atoms with Gasteiger partial charge in [-0.25, -0.2) is 4.79 Å². The van der Waals surface area contributed by atoms with Crippen LogP contribution in [0, 0.1) is 0 Å². The van der Waals surface area contributed by atoms with Crippen molar-refractivity contribution in [3.05, 3.63) is 35.0 Å². The molecule has 1 amide bonds. The molecule has 1 aliphatic rings. The van der Waals surface area contributed by atoms with Crippen LogP contribution in [-0.2, 0) is 20.5 Å². The lowest BCUT2D eigenvalue weighted by atomic mass is 10.1. The van der Waals surface area contributed by atoms with E-state index in [1.54, 1.807) is 6.92 Å². The summed E-state index contributed by atoms with van der Waals surface area (Å²) in [6, 6.07) is 2.80. The minimum absolute atomic E-state index is 0.0363. The van der Waals surface area contributed by atoms with Gasteiger partial charge in [-0.2, -0.15) is 13.2 Å². The van der Waals surface area contributed by atoms with Crippen molar-refractivity contribution in [2.24, 2.45) is 0 Å². The van der Waals surface area contributed by atoms with Crippen molar-refractivity contribution in [3.63, 3.8) is 0 Å². The lowest BCUT2D eigenvalue weighted by Gasteiger charge is -2.17. The van der Waals surface area contributed by atoms with E-state index in [1.807, 2.05) is 0 Å². The Balaban J connectivity index is 2.47. The van der Waals surface area contributed by atoms with Gasteiger partial charge >= 0.3 is 12.1 Å². The maximum atomic E-state index is 13.0. The maximum absolute atomic E-state index is 13.0. The minimum atomic E-state index is -4.59. The first kappa shape index (κ1) is 20.6. The molecule has 0 aliphatic carbocycles. The number of anilines is 1. The molecule has 1 aliphatic heterocycles. The van der Waals surface area contributed by atoms with E-state index in [2.05, 4.69) is 10.1 Å². The highest BCUT2D eigenvalue weighted by atomic mass is 19.4. The monoisotopic (exact) mass is 388 g/mol. The summed E-state index contributed by atoms with van der Waals surface area (Å²) in [4.78, 5) is 25.7. The Kier molecular flexibility index (Phi) is 6.32. The number of aliphatic hydroxyl groups excluding tert-OH is 1. The number of methoxy groups -OCH3 is 1. The molecule has 0 atom stereocenters. The van der Waals surface area contributed by atoms with E-state index in [0.29, 0.717) is 0 Å². The van der Waals surface area contributed by atoms with Crippen LogP contribution in [0.15, 0.2) is 29.5 Å². The SMILES string of the molecule is CCOc1ccc(C(F)(F)F)cc1NC1=C(C(=O)OC)CN(CCO)C1=O. The van der Waals surface area contributed by atoms with E-state index in [0.717, 1.165) is 25.3 Å². The number of carbonyl (C=O) groups is 2. The number of alkyl halides is 3. The molecule has 0 saturated heterocycles. The topological polar surface area (TPSA) is 88.1 Å². The molecule has 27 heavy (non-hydrogen) atoms. The van der Waals surface area contributed by atoms with Gasteiger partial charge in [0, 0.05) is 6.54 Å². The summed E-state index contributed by atoms with van der Waals surface area (Å²) in [6.07, 6.45) is -4.59. The molecule has 10 heteroatoms. The highest BCUT2D eigenvalue weighted by molar-refractivity contribution is 6.08. The van der Waals surface area contributed by atoms with Gasteiger partial charge in [0.25, 0.3) is 5.91 Å². The van der Waals surface area contributed by atoms with E-state index >= 15 is 0 Å². The molecule has 2 rings (SSSR count). The zero-order valence-electron chi connectivity index (χ0n) is 14.7. The fraction of sp³-hybridized carbons (Fsp3) is 0.412. The van der Waals surface area contributed by atoms with E-state index in [1.165, 1.54) is 4.90 Å². The molecular formula is C17H19F3N2O5. The third-order valence-corrected chi connectivity index (χ3v) is 3.82. The summed E-state index contributed by atoms with van der Waals surface area (Å²) in [5.74, 6) is -1.34. The van der Waals surface area contributed by atoms with Crippen LogP contribution in [0.1, 0.15) is 12.5 Å². The largest absolute Gasteiger partial charge is 0.492 e. The van der Waals surface area contributed by atoms with Crippen molar-refractivity contribution >= 4 is 17.6 Å². The first-order valence-electron chi connectivity index (χ1n) is 8.05. The molecule has 0 unspecified atom stereocenters. The average Bonchev–Trinajstić information content (AvgIpc) is 2.92. The molecule has 1 aromatic rings. The van der Waals surface area contributed by atoms with Gasteiger partial charge in [0.15, 0.2) is 0 Å². The van der Waals surface area contributed by atoms with Gasteiger partial charge in [-0.3, -0.25) is 4.79 Å². The fourth-order valence-corrected chi connectivity index (χ4v) is 2.57. The third kappa shape index (κ3) is 4.51. The first-order chi connectivity index (χ1) is 12.7. The van der Waals surface area contributed by atoms with Crippen molar-refractivity contribution in [2.45, 2.75) is 13.1 Å². The van der Waals surface area contributed by atoms with E-state index in [4.69, 9.17) is 9.84 Å². The number of rotatable bonds is 7. The number of nitrogens with one attached hydrogen (secondary N) is 1. The van der Waals surface area contributed by atoms with Gasteiger partial charge in [0.05, 0.1) is 43.7 Å². The predicted molar refractivity (Wildman–Crippen MR) is 88.9 cm³/mol. The van der Waals surface area contributed by atoms with Crippen LogP contribution in [0.3, 0.4) is 0 Å². The maximum Gasteiger partial charge on any atom is 0.416 e. The molecule has 0 saturated carbocycles. The quantitative estimate of drug-likeness (QED) is 0.693. The van der Waals surface area contributed by atoms with Crippen LogP contribution in [0.4, 0.5) is 18.9 Å². The Bertz CT molecular complexity index is 761. The van der Waals surface area contributed by atoms with Gasteiger partial charge in [-0.05, 0) is 25.1 Å². The standard InChI is InChI=1S/C17H19F3N2O5/c1-3-27-13-5-4-10(17(18,19)20)8-12(13)21-14-11(16(25)26-2)9-22(6-7-23)15(14)24/h4-5,8,21,23H,3,6-7,9H2,1-2H3. The number of hydrogen-bond acceptors (Lipinski definition) is 6. The second-order valence-corrected chi connectivity index (χ2v) is 5.56. The van der Waals surface area contributed by atoms with Crippen molar-refractivity contribution in [1.29, 1.82) is 0 Å². The number of halogens is 3. The molecule has 0 bridgehead atoms. The Labute approximate surface area is 153 Å². The average molecular weight is 388 g/mol. The first-order valence-corrected chi connectivity index (χ1v) is 8.05. The highest BCUT2D eigenvalue weighted by Gasteiger charge is 2.36. The molecule has 0 aromatic heterocycles. The summed E-state index contributed by atoms with van der Waals surface area (Å²) >= 11 is 0. The second kappa shape index (κ2) is 8.30. The van der Waals surface area contributed by atoms with Gasteiger partial charge in [-0.15, -0.1) is 0 Å². The summed E-state index contributed by atoms with van der Waals surface area (Å²) in [7, 11) is 1.13. The lowest BCUT2D eigenvalue weighted by molar-refractivity contribution is -0.138. The molecule has 0 radical (unpaired) electrons. The Morgan fingerprint density at radius 1 is 1.37 bits per heavy atom. The zero-order chi connectivity index (χ0) is 20.2. The van der Waals surface area contributed by atoms with Crippen LogP contribution >= 0.6 is 0 Å². The third-order valence-electron chi connectivity index (χ3n) is 3.82. The van der Waals surface area contributed by atoms with Crippen LogP contribution in [0.25, 0.3) is 0 Å². The second-order valence-electron chi connectivity index (χ2n) is 5.56. The Morgan fingerprint density at radius 2 is 2.07 bits per heavy atom. The molecule has 0 fully saturated rings. The summed E-state index contributed by atoms with van der Waals surface area (Å²) in [5, 5.41) is 11.6. The molecule has 0 spiro atoms. The zero-order valence-corrected chi connectivity index (χ0v) is 14.7. The molecule has 7 nitrogen and oxygen atoms in total. The van der Waals surface area contributed by atoms with E-state index in [-0.39, 0.29) is 49.0 Å². The number of esters is 1. The van der Waals surface area contributed by atoms with Crippen molar-refractivity contribution in [3.8, 4) is 5.75 Å². The smallest absolute Gasteiger partial charge is 0.416 e. The number of nitrogens with zero attached hydrogens (tertiary/aromatic N) is 1. The van der Waals surface area contributed by atoms with Gasteiger partial charge in [-0.1, -0.05) is 0 Å². The highest BCUT2D eigenvalue weighted by Crippen LogP contribution is 2.36. The number of carbonyl (C=O) groups excluding carboxylic acids is 2. The van der Waals surface area contributed by atoms with Crippen molar-refractivity contribution in [2.75, 3.05) is 38.7 Å². The van der Waals surface area contributed by atoms with Crippen LogP contribution < -0.4 is 10.1 Å². The Morgan fingerprint density at radius 3 is 2.63 bits per heavy atom. The van der Waals surface area contributed by atoms with Crippen LogP contribution in [-0.4, -0.2) is 55.3 Å². The normalized spacial score (nSPS) is 14.6. The van der Waals surface area contributed by atoms with Crippen molar-refractivity contribution in [1.82, 2.24) is 4.90 Å². The summed E-state index contributed by atoms with van der Waals surface area (Å²) in [5.41, 5.74) is -1.31. The number of ether oxygens (including phenoxy) is 2. The van der Waals surface area contributed by atoms with Crippen molar-refractivity contribution < 1.29 is 37.3 Å². The van der Waals surface area contributed by atoms with Crippen LogP contribution in [0.2, 0.25) is 0 Å². The number of hydrogen-bond donors (Lipinski definition) is 2. The number of benzene rings is 1. The fourth-order valence-electron chi connectivity index (χ4n) is 2.57. The number of aliphatic hydroxyl groups is 1. The van der Waals surface area contributed by atoms with E-state index in [9.17, 15) is 22.8 Å². The minimum Gasteiger partial charge on any atom is -0.492 e. The molecule has 1 heterocycles. The molecular weight excluding hydrogens is 369 g/mol. The summed E-state index contributed by atoms with van der Waals surface area (Å²) < 4.78 is 49.1. The van der Waals surface area contributed by atoms with Gasteiger partial charge < -0.3 is 24.8 Å². The lowest BCUT2D eigenvalue weighted by Crippen LogP contribution is -2.31. The number of amides is 1. The number of β-amino-alcohol motifs (C(OH)–C–C–N with tert-alkyl or cyclic N) is 1. The van der Waals surface area contributed by atoms with E-state index < -0.39 is 23.6 Å². The Hall–Kier alpha value is -2.75. The van der Waals surface area contributed by atoms with Gasteiger partial charge in [0.2, 0.25) is 0 Å². The summed E-state index contributed by atoms with van der Waals surface area (Å²) in [6.45, 7) is 1.35.